The molecule has 102 valence electrons. The van der Waals surface area contributed by atoms with Gasteiger partial charge in [0.15, 0.2) is 0 Å². The predicted molar refractivity (Wildman–Crippen MR) is 76.2 cm³/mol. The van der Waals surface area contributed by atoms with E-state index in [9.17, 15) is 0 Å². The molecule has 1 rings (SSSR count). The molecule has 1 saturated carbocycles. The molecule has 1 aliphatic rings. The fourth-order valence-corrected chi connectivity index (χ4v) is 3.78. The molecule has 0 radical (unpaired) electrons. The number of hydrogen-bond donors (Lipinski definition) is 1. The standard InChI is InChI=1S/C15H32N2/c1-6-10-17(13(2)3)15(12-16)9-7-8-14(4,5)11-15/h13H,6-12,16H2,1-5H3. The third kappa shape index (κ3) is 3.45. The van der Waals surface area contributed by atoms with E-state index >= 15 is 0 Å². The highest BCUT2D eigenvalue weighted by molar-refractivity contribution is 5.00. The van der Waals surface area contributed by atoms with E-state index in [1.54, 1.807) is 0 Å². The zero-order valence-corrected chi connectivity index (χ0v) is 12.6. The van der Waals surface area contributed by atoms with Crippen molar-refractivity contribution >= 4 is 0 Å². The van der Waals surface area contributed by atoms with E-state index in [0.717, 1.165) is 6.54 Å². The Morgan fingerprint density at radius 2 is 1.88 bits per heavy atom. The van der Waals surface area contributed by atoms with Gasteiger partial charge in [0.25, 0.3) is 0 Å². The van der Waals surface area contributed by atoms with Crippen LogP contribution < -0.4 is 5.73 Å². The van der Waals surface area contributed by atoms with Crippen LogP contribution in [0.15, 0.2) is 0 Å². The summed E-state index contributed by atoms with van der Waals surface area (Å²) in [5, 5.41) is 0. The van der Waals surface area contributed by atoms with Crippen LogP contribution in [0.3, 0.4) is 0 Å². The fourth-order valence-electron chi connectivity index (χ4n) is 3.78. The maximum atomic E-state index is 6.19. The van der Waals surface area contributed by atoms with Gasteiger partial charge in [-0.05, 0) is 51.5 Å². The van der Waals surface area contributed by atoms with Crippen molar-refractivity contribution in [2.45, 2.75) is 78.3 Å². The molecular formula is C15H32N2. The minimum absolute atomic E-state index is 0.256. The average molecular weight is 240 g/mol. The molecular weight excluding hydrogens is 208 g/mol. The Labute approximate surface area is 108 Å². The lowest BCUT2D eigenvalue weighted by Gasteiger charge is -2.52. The highest BCUT2D eigenvalue weighted by Crippen LogP contribution is 2.44. The van der Waals surface area contributed by atoms with E-state index in [1.165, 1.54) is 38.6 Å². The van der Waals surface area contributed by atoms with Crippen molar-refractivity contribution in [2.75, 3.05) is 13.1 Å². The molecule has 0 heterocycles. The molecule has 0 saturated heterocycles. The topological polar surface area (TPSA) is 29.3 Å². The van der Waals surface area contributed by atoms with Gasteiger partial charge < -0.3 is 5.73 Å². The lowest BCUT2D eigenvalue weighted by Crippen LogP contribution is -2.60. The van der Waals surface area contributed by atoms with Gasteiger partial charge in [-0.3, -0.25) is 4.90 Å². The predicted octanol–water partition coefficient (Wildman–Crippen LogP) is 3.40. The fraction of sp³-hybridized carbons (Fsp3) is 1.00. The molecule has 0 spiro atoms. The van der Waals surface area contributed by atoms with Gasteiger partial charge in [-0.2, -0.15) is 0 Å². The van der Waals surface area contributed by atoms with Gasteiger partial charge in [-0.25, -0.2) is 0 Å². The molecule has 0 bridgehead atoms. The van der Waals surface area contributed by atoms with Crippen LogP contribution in [-0.2, 0) is 0 Å². The molecule has 17 heavy (non-hydrogen) atoms. The van der Waals surface area contributed by atoms with Crippen molar-refractivity contribution in [1.82, 2.24) is 4.90 Å². The zero-order chi connectivity index (χ0) is 13.1. The van der Waals surface area contributed by atoms with Crippen LogP contribution in [0.25, 0.3) is 0 Å². The van der Waals surface area contributed by atoms with Crippen LogP contribution in [0, 0.1) is 5.41 Å². The Hall–Kier alpha value is -0.0800. The average Bonchev–Trinajstić information content (AvgIpc) is 2.23. The van der Waals surface area contributed by atoms with E-state index in [4.69, 9.17) is 5.73 Å². The van der Waals surface area contributed by atoms with Crippen molar-refractivity contribution in [1.29, 1.82) is 0 Å². The van der Waals surface area contributed by atoms with E-state index in [0.29, 0.717) is 11.5 Å². The largest absolute Gasteiger partial charge is 0.329 e. The molecule has 2 N–H and O–H groups in total. The molecule has 2 nitrogen and oxygen atoms in total. The molecule has 0 aromatic heterocycles. The molecule has 0 aromatic carbocycles. The second-order valence-electron chi connectivity index (χ2n) is 6.91. The first-order valence-corrected chi connectivity index (χ1v) is 7.34. The molecule has 1 unspecified atom stereocenters. The summed E-state index contributed by atoms with van der Waals surface area (Å²) in [6, 6.07) is 0.604. The lowest BCUT2D eigenvalue weighted by atomic mass is 9.67. The number of rotatable bonds is 5. The van der Waals surface area contributed by atoms with Gasteiger partial charge in [-0.1, -0.05) is 27.2 Å². The monoisotopic (exact) mass is 240 g/mol. The minimum Gasteiger partial charge on any atom is -0.329 e. The normalized spacial score (nSPS) is 28.9. The lowest BCUT2D eigenvalue weighted by molar-refractivity contribution is -0.00992. The van der Waals surface area contributed by atoms with Crippen LogP contribution in [0.4, 0.5) is 0 Å². The van der Waals surface area contributed by atoms with Crippen molar-refractivity contribution in [3.8, 4) is 0 Å². The number of nitrogens with zero attached hydrogens (tertiary/aromatic N) is 1. The van der Waals surface area contributed by atoms with Crippen molar-refractivity contribution in [2.24, 2.45) is 11.1 Å². The second-order valence-corrected chi connectivity index (χ2v) is 6.91. The van der Waals surface area contributed by atoms with Gasteiger partial charge in [0.1, 0.15) is 0 Å². The third-order valence-electron chi connectivity index (χ3n) is 4.38. The Morgan fingerprint density at radius 1 is 1.24 bits per heavy atom. The van der Waals surface area contributed by atoms with E-state index in [1.807, 2.05) is 0 Å². The van der Waals surface area contributed by atoms with Gasteiger partial charge in [-0.15, -0.1) is 0 Å². The van der Waals surface area contributed by atoms with Crippen LogP contribution >= 0.6 is 0 Å². The SMILES string of the molecule is CCCN(C(C)C)C1(CN)CCCC(C)(C)C1. The van der Waals surface area contributed by atoms with Crippen LogP contribution in [0.1, 0.15) is 66.7 Å². The summed E-state index contributed by atoms with van der Waals surface area (Å²) >= 11 is 0. The van der Waals surface area contributed by atoms with Gasteiger partial charge in [0, 0.05) is 18.1 Å². The third-order valence-corrected chi connectivity index (χ3v) is 4.38. The molecule has 0 aromatic rings. The summed E-state index contributed by atoms with van der Waals surface area (Å²) in [7, 11) is 0. The number of nitrogens with two attached hydrogens (primary N) is 1. The molecule has 2 heteroatoms. The van der Waals surface area contributed by atoms with Crippen molar-refractivity contribution in [3.63, 3.8) is 0 Å². The molecule has 1 aliphatic carbocycles. The smallest absolute Gasteiger partial charge is 0.0339 e. The Balaban J connectivity index is 2.91. The first kappa shape index (κ1) is 15.0. The van der Waals surface area contributed by atoms with Gasteiger partial charge in [0.05, 0.1) is 0 Å². The quantitative estimate of drug-likeness (QED) is 0.798. The van der Waals surface area contributed by atoms with E-state index in [-0.39, 0.29) is 5.54 Å². The van der Waals surface area contributed by atoms with E-state index in [2.05, 4.69) is 39.5 Å². The highest BCUT2D eigenvalue weighted by Gasteiger charge is 2.43. The second kappa shape index (κ2) is 5.71. The maximum absolute atomic E-state index is 6.19. The van der Waals surface area contributed by atoms with Crippen LogP contribution in [0.5, 0.6) is 0 Å². The number of hydrogen-bond acceptors (Lipinski definition) is 2. The summed E-state index contributed by atoms with van der Waals surface area (Å²) in [4.78, 5) is 2.67. The first-order valence-electron chi connectivity index (χ1n) is 7.34. The Morgan fingerprint density at radius 3 is 2.29 bits per heavy atom. The first-order chi connectivity index (χ1) is 7.87. The molecule has 0 aliphatic heterocycles. The van der Waals surface area contributed by atoms with Crippen LogP contribution in [-0.4, -0.2) is 29.6 Å². The Kier molecular flexibility index (Phi) is 5.03. The van der Waals surface area contributed by atoms with E-state index < -0.39 is 0 Å². The maximum Gasteiger partial charge on any atom is 0.0339 e. The molecule has 1 atom stereocenters. The summed E-state index contributed by atoms with van der Waals surface area (Å²) in [5.74, 6) is 0. The summed E-state index contributed by atoms with van der Waals surface area (Å²) < 4.78 is 0. The summed E-state index contributed by atoms with van der Waals surface area (Å²) in [6.07, 6.45) is 6.45. The van der Waals surface area contributed by atoms with Crippen molar-refractivity contribution in [3.05, 3.63) is 0 Å². The van der Waals surface area contributed by atoms with Gasteiger partial charge in [0.2, 0.25) is 0 Å². The molecule has 1 fully saturated rings. The van der Waals surface area contributed by atoms with Crippen LogP contribution in [0.2, 0.25) is 0 Å². The van der Waals surface area contributed by atoms with Gasteiger partial charge >= 0.3 is 0 Å². The summed E-state index contributed by atoms with van der Waals surface area (Å²) in [5.41, 5.74) is 6.90. The Bertz CT molecular complexity index is 235. The minimum atomic E-state index is 0.256. The molecule has 0 amide bonds. The highest BCUT2D eigenvalue weighted by atomic mass is 15.2. The summed E-state index contributed by atoms with van der Waals surface area (Å²) in [6.45, 7) is 13.7. The van der Waals surface area contributed by atoms with Crippen molar-refractivity contribution < 1.29 is 0 Å². The zero-order valence-electron chi connectivity index (χ0n) is 12.6.